The Morgan fingerprint density at radius 2 is 1.90 bits per heavy atom. The first-order valence-corrected chi connectivity index (χ1v) is 6.20. The topological polar surface area (TPSA) is 50.4 Å². The van der Waals surface area contributed by atoms with Gasteiger partial charge in [-0.2, -0.15) is 4.57 Å². The van der Waals surface area contributed by atoms with Crippen molar-refractivity contribution in [1.82, 2.24) is 0 Å². The molecule has 0 atom stereocenters. The number of nitrogens with zero attached hydrogens (tertiary/aromatic N) is 1. The third-order valence-corrected chi connectivity index (χ3v) is 2.79. The normalized spacial score (nSPS) is 10.7. The first kappa shape index (κ1) is 13.8. The monoisotopic (exact) mass is 270 g/mol. The van der Waals surface area contributed by atoms with E-state index in [0.29, 0.717) is 0 Å². The number of hydrogen-bond acceptors (Lipinski definition) is 3. The molecule has 0 spiro atoms. The van der Waals surface area contributed by atoms with E-state index in [1.54, 1.807) is 22.8 Å². The summed E-state index contributed by atoms with van der Waals surface area (Å²) in [5, 5.41) is 9.37. The van der Waals surface area contributed by atoms with Crippen LogP contribution in [-0.4, -0.2) is 18.2 Å². The Morgan fingerprint density at radius 3 is 2.55 bits per heavy atom. The summed E-state index contributed by atoms with van der Waals surface area (Å²) in [4.78, 5) is 11.1. The lowest BCUT2D eigenvalue weighted by Crippen LogP contribution is -2.37. The van der Waals surface area contributed by atoms with E-state index in [4.69, 9.17) is 0 Å². The van der Waals surface area contributed by atoms with Gasteiger partial charge in [0, 0.05) is 12.1 Å². The standard InChI is InChI=1S/C16H15NO3/c1-20-16(19)12-17-9-7-13(8-10-17)5-6-14-3-2-4-15(18)11-14/h2-11H,12H2,1H3/p+1/b6-5+. The molecular weight excluding hydrogens is 254 g/mol. The number of carbonyl (C=O) groups excluding carboxylic acids is 1. The van der Waals surface area contributed by atoms with Crippen molar-refractivity contribution in [3.8, 4) is 5.75 Å². The molecule has 0 radical (unpaired) electrons. The molecule has 0 saturated carbocycles. The van der Waals surface area contributed by atoms with Crippen LogP contribution >= 0.6 is 0 Å². The maximum absolute atomic E-state index is 11.1. The Labute approximate surface area is 117 Å². The van der Waals surface area contributed by atoms with Crippen LogP contribution in [0.5, 0.6) is 5.75 Å². The summed E-state index contributed by atoms with van der Waals surface area (Å²) in [7, 11) is 1.37. The van der Waals surface area contributed by atoms with Gasteiger partial charge in [0.25, 0.3) is 0 Å². The summed E-state index contributed by atoms with van der Waals surface area (Å²) in [6.07, 6.45) is 7.50. The van der Waals surface area contributed by atoms with E-state index in [0.717, 1.165) is 11.1 Å². The van der Waals surface area contributed by atoms with Gasteiger partial charge < -0.3 is 9.84 Å². The number of esters is 1. The fourth-order valence-corrected chi connectivity index (χ4v) is 1.72. The van der Waals surface area contributed by atoms with Crippen molar-refractivity contribution in [2.45, 2.75) is 6.54 Å². The molecule has 2 aromatic rings. The minimum atomic E-state index is -0.280. The summed E-state index contributed by atoms with van der Waals surface area (Å²) in [5.41, 5.74) is 1.94. The number of pyridine rings is 1. The van der Waals surface area contributed by atoms with Gasteiger partial charge in [0.15, 0.2) is 12.4 Å². The predicted octanol–water partition coefficient (Wildman–Crippen LogP) is 2.02. The van der Waals surface area contributed by atoms with Crippen LogP contribution in [0.2, 0.25) is 0 Å². The molecule has 1 heterocycles. The molecule has 0 unspecified atom stereocenters. The third-order valence-electron chi connectivity index (χ3n) is 2.79. The van der Waals surface area contributed by atoms with Gasteiger partial charge >= 0.3 is 5.97 Å². The fraction of sp³-hybridized carbons (Fsp3) is 0.125. The second-order valence-electron chi connectivity index (χ2n) is 4.31. The molecule has 1 aromatic heterocycles. The predicted molar refractivity (Wildman–Crippen MR) is 75.7 cm³/mol. The van der Waals surface area contributed by atoms with Crippen LogP contribution in [0.3, 0.4) is 0 Å². The number of ether oxygens (including phenoxy) is 1. The van der Waals surface area contributed by atoms with E-state index >= 15 is 0 Å². The zero-order valence-electron chi connectivity index (χ0n) is 11.2. The summed E-state index contributed by atoms with van der Waals surface area (Å²) in [5.74, 6) is -0.0332. The number of aromatic hydroxyl groups is 1. The Hall–Kier alpha value is -2.62. The number of phenols is 1. The van der Waals surface area contributed by atoms with Crippen molar-refractivity contribution in [3.05, 3.63) is 59.9 Å². The van der Waals surface area contributed by atoms with Gasteiger partial charge in [-0.25, -0.2) is 4.79 Å². The highest BCUT2D eigenvalue weighted by Gasteiger charge is 2.07. The minimum absolute atomic E-state index is 0.201. The fourth-order valence-electron chi connectivity index (χ4n) is 1.72. The second kappa shape index (κ2) is 6.52. The first-order valence-electron chi connectivity index (χ1n) is 6.20. The van der Waals surface area contributed by atoms with E-state index in [1.807, 2.05) is 42.7 Å². The second-order valence-corrected chi connectivity index (χ2v) is 4.31. The zero-order chi connectivity index (χ0) is 14.4. The first-order chi connectivity index (χ1) is 9.67. The maximum Gasteiger partial charge on any atom is 0.372 e. The molecule has 4 nitrogen and oxygen atoms in total. The number of benzene rings is 1. The lowest BCUT2D eigenvalue weighted by molar-refractivity contribution is -0.685. The van der Waals surface area contributed by atoms with E-state index in [1.165, 1.54) is 7.11 Å². The lowest BCUT2D eigenvalue weighted by atomic mass is 10.1. The van der Waals surface area contributed by atoms with Gasteiger partial charge in [-0.1, -0.05) is 24.3 Å². The number of methoxy groups -OCH3 is 1. The number of rotatable bonds is 4. The van der Waals surface area contributed by atoms with Gasteiger partial charge in [-0.05, 0) is 23.3 Å². The maximum atomic E-state index is 11.1. The van der Waals surface area contributed by atoms with Crippen molar-refractivity contribution in [2.24, 2.45) is 0 Å². The van der Waals surface area contributed by atoms with Crippen molar-refractivity contribution >= 4 is 18.1 Å². The van der Waals surface area contributed by atoms with Crippen LogP contribution in [0.1, 0.15) is 11.1 Å². The summed E-state index contributed by atoms with van der Waals surface area (Å²) >= 11 is 0. The van der Waals surface area contributed by atoms with Crippen molar-refractivity contribution in [3.63, 3.8) is 0 Å². The van der Waals surface area contributed by atoms with Crippen LogP contribution in [0.25, 0.3) is 12.2 Å². The molecule has 0 saturated heterocycles. The smallest absolute Gasteiger partial charge is 0.372 e. The molecule has 1 N–H and O–H groups in total. The molecule has 102 valence electrons. The number of hydrogen-bond donors (Lipinski definition) is 1. The summed E-state index contributed by atoms with van der Waals surface area (Å²) in [6, 6.07) is 10.8. The third kappa shape index (κ3) is 3.95. The van der Waals surface area contributed by atoms with E-state index in [9.17, 15) is 9.90 Å². The quantitative estimate of drug-likeness (QED) is 0.683. The molecular formula is C16H16NO3+. The highest BCUT2D eigenvalue weighted by Crippen LogP contribution is 2.13. The molecule has 0 amide bonds. The van der Waals surface area contributed by atoms with Crippen molar-refractivity contribution in [2.75, 3.05) is 7.11 Å². The molecule has 0 bridgehead atoms. The van der Waals surface area contributed by atoms with Gasteiger partial charge in [0.2, 0.25) is 6.54 Å². The SMILES string of the molecule is COC(=O)C[n+]1ccc(/C=C/c2cccc(O)c2)cc1. The molecule has 1 aromatic carbocycles. The number of carbonyl (C=O) groups is 1. The largest absolute Gasteiger partial charge is 0.508 e. The molecule has 20 heavy (non-hydrogen) atoms. The highest BCUT2D eigenvalue weighted by atomic mass is 16.5. The van der Waals surface area contributed by atoms with E-state index < -0.39 is 0 Å². The zero-order valence-corrected chi connectivity index (χ0v) is 11.2. The molecule has 0 fully saturated rings. The van der Waals surface area contributed by atoms with Crippen LogP contribution in [0, 0.1) is 0 Å². The summed E-state index contributed by atoms with van der Waals surface area (Å²) in [6.45, 7) is 0.201. The van der Waals surface area contributed by atoms with E-state index in [-0.39, 0.29) is 18.3 Å². The van der Waals surface area contributed by atoms with Crippen LogP contribution < -0.4 is 4.57 Å². The van der Waals surface area contributed by atoms with Crippen molar-refractivity contribution in [1.29, 1.82) is 0 Å². The molecule has 0 aliphatic carbocycles. The van der Waals surface area contributed by atoms with E-state index in [2.05, 4.69) is 4.74 Å². The van der Waals surface area contributed by atoms with Crippen LogP contribution in [-0.2, 0) is 16.1 Å². The Morgan fingerprint density at radius 1 is 1.20 bits per heavy atom. The Balaban J connectivity index is 2.05. The average Bonchev–Trinajstić information content (AvgIpc) is 2.46. The van der Waals surface area contributed by atoms with Gasteiger partial charge in [-0.15, -0.1) is 0 Å². The number of phenolic OH excluding ortho intramolecular Hbond substituents is 1. The summed E-state index contributed by atoms with van der Waals surface area (Å²) < 4.78 is 6.35. The lowest BCUT2D eigenvalue weighted by Gasteiger charge is -1.97. The van der Waals surface area contributed by atoms with Gasteiger partial charge in [0.1, 0.15) is 5.75 Å². The van der Waals surface area contributed by atoms with Crippen LogP contribution in [0.15, 0.2) is 48.8 Å². The Bertz CT molecular complexity index is 618. The molecule has 0 aliphatic rings. The average molecular weight is 270 g/mol. The minimum Gasteiger partial charge on any atom is -0.508 e. The number of aromatic nitrogens is 1. The molecule has 2 rings (SSSR count). The Kier molecular flexibility index (Phi) is 4.50. The highest BCUT2D eigenvalue weighted by molar-refractivity contribution is 5.70. The van der Waals surface area contributed by atoms with Gasteiger partial charge in [0.05, 0.1) is 7.11 Å². The molecule has 0 aliphatic heterocycles. The van der Waals surface area contributed by atoms with Gasteiger partial charge in [-0.3, -0.25) is 0 Å². The van der Waals surface area contributed by atoms with Crippen LogP contribution in [0.4, 0.5) is 0 Å². The van der Waals surface area contributed by atoms with Crippen molar-refractivity contribution < 1.29 is 19.2 Å². The molecule has 4 heteroatoms.